The zero-order chi connectivity index (χ0) is 15.1. The van der Waals surface area contributed by atoms with Crippen molar-refractivity contribution in [2.24, 2.45) is 0 Å². The van der Waals surface area contributed by atoms with Gasteiger partial charge in [0.25, 0.3) is 6.01 Å². The Morgan fingerprint density at radius 1 is 1.38 bits per heavy atom. The van der Waals surface area contributed by atoms with Crippen LogP contribution in [0.3, 0.4) is 0 Å². The zero-order valence-electron chi connectivity index (χ0n) is 11.2. The summed E-state index contributed by atoms with van der Waals surface area (Å²) in [5.41, 5.74) is -0.273. The predicted molar refractivity (Wildman–Crippen MR) is 75.3 cm³/mol. The van der Waals surface area contributed by atoms with Gasteiger partial charge in [-0.1, -0.05) is 0 Å². The molecule has 1 fully saturated rings. The number of oxazole rings is 1. The average molecular weight is 314 g/mol. The Morgan fingerprint density at radius 2 is 2.10 bits per heavy atom. The molecule has 114 valence electrons. The molecule has 1 aromatic heterocycles. The van der Waals surface area contributed by atoms with Crippen LogP contribution >= 0.6 is 0 Å². The van der Waals surface area contributed by atoms with Crippen molar-refractivity contribution in [3.8, 4) is 0 Å². The maximum Gasteiger partial charge on any atom is 0.295 e. The van der Waals surface area contributed by atoms with Gasteiger partial charge in [0.1, 0.15) is 11.3 Å². The number of nitrogens with zero attached hydrogens (tertiary/aromatic N) is 1. The summed E-state index contributed by atoms with van der Waals surface area (Å²) in [5.74, 6) is -0.463. The molecule has 1 aliphatic rings. The lowest BCUT2D eigenvalue weighted by atomic mass is 9.97. The van der Waals surface area contributed by atoms with Gasteiger partial charge < -0.3 is 14.8 Å². The molecule has 0 amide bonds. The summed E-state index contributed by atoms with van der Waals surface area (Å²) in [6, 6.07) is 4.20. The molecule has 0 radical (unpaired) electrons. The van der Waals surface area contributed by atoms with E-state index in [2.05, 4.69) is 10.3 Å². The number of fused-ring (bicyclic) bond motifs is 1. The normalized spacial score (nSPS) is 20.5. The van der Waals surface area contributed by atoms with Gasteiger partial charge in [-0.05, 0) is 25.0 Å². The number of rotatable bonds is 3. The lowest BCUT2D eigenvalue weighted by Crippen LogP contribution is -2.44. The molecule has 1 aromatic carbocycles. The van der Waals surface area contributed by atoms with Gasteiger partial charge in [0.2, 0.25) is 0 Å². The van der Waals surface area contributed by atoms with Gasteiger partial charge in [-0.2, -0.15) is 4.98 Å². The second kappa shape index (κ2) is 4.96. The van der Waals surface area contributed by atoms with Crippen LogP contribution in [-0.4, -0.2) is 42.2 Å². The third-order valence-electron chi connectivity index (χ3n) is 3.68. The van der Waals surface area contributed by atoms with Gasteiger partial charge in [0.15, 0.2) is 15.4 Å². The van der Waals surface area contributed by atoms with E-state index < -0.39 is 21.3 Å². The van der Waals surface area contributed by atoms with E-state index in [-0.39, 0.29) is 36.9 Å². The van der Waals surface area contributed by atoms with Crippen LogP contribution in [0.15, 0.2) is 22.6 Å². The monoisotopic (exact) mass is 314 g/mol. The maximum atomic E-state index is 13.1. The largest absolute Gasteiger partial charge is 0.423 e. The maximum absolute atomic E-state index is 13.1. The van der Waals surface area contributed by atoms with E-state index in [0.29, 0.717) is 11.1 Å². The minimum atomic E-state index is -3.03. The van der Waals surface area contributed by atoms with Crippen LogP contribution in [0.2, 0.25) is 0 Å². The Kier molecular flexibility index (Phi) is 3.37. The Labute approximate surface area is 120 Å². The van der Waals surface area contributed by atoms with Crippen LogP contribution in [-0.2, 0) is 9.84 Å². The van der Waals surface area contributed by atoms with Crippen molar-refractivity contribution in [2.75, 3.05) is 23.4 Å². The highest BCUT2D eigenvalue weighted by Gasteiger charge is 2.35. The number of sulfone groups is 1. The van der Waals surface area contributed by atoms with Crippen molar-refractivity contribution < 1.29 is 22.3 Å². The van der Waals surface area contributed by atoms with Crippen molar-refractivity contribution in [3.05, 3.63) is 24.0 Å². The first-order chi connectivity index (χ1) is 9.85. The topological polar surface area (TPSA) is 92.4 Å². The predicted octanol–water partition coefficient (Wildman–Crippen LogP) is 1.32. The molecule has 0 atom stereocenters. The molecule has 8 heteroatoms. The first kappa shape index (κ1) is 14.3. The van der Waals surface area contributed by atoms with Crippen LogP contribution < -0.4 is 5.32 Å². The molecule has 0 unspecified atom stereocenters. The van der Waals surface area contributed by atoms with Crippen LogP contribution in [0.4, 0.5) is 10.4 Å². The summed E-state index contributed by atoms with van der Waals surface area (Å²) in [5, 5.41) is 13.2. The Morgan fingerprint density at radius 3 is 2.81 bits per heavy atom. The van der Waals surface area contributed by atoms with Gasteiger partial charge in [0, 0.05) is 12.6 Å². The van der Waals surface area contributed by atoms with Crippen molar-refractivity contribution in [1.29, 1.82) is 0 Å². The smallest absolute Gasteiger partial charge is 0.295 e. The molecule has 2 aromatic rings. The molecule has 1 saturated heterocycles. The van der Waals surface area contributed by atoms with Crippen LogP contribution in [0.1, 0.15) is 12.8 Å². The van der Waals surface area contributed by atoms with Crippen molar-refractivity contribution in [2.45, 2.75) is 18.4 Å². The molecular weight excluding hydrogens is 299 g/mol. The SMILES string of the molecule is O=S1(=O)CCC(O)(CNc2nc3ccc(F)cc3o2)CC1. The second-order valence-corrected chi connectivity index (χ2v) is 7.66. The number of aromatic nitrogens is 1. The number of aliphatic hydroxyl groups is 1. The molecule has 1 aliphatic heterocycles. The third-order valence-corrected chi connectivity index (χ3v) is 5.33. The standard InChI is InChI=1S/C13H15FN2O4S/c14-9-1-2-10-11(7-9)20-12(16-10)15-8-13(17)3-5-21(18,19)6-4-13/h1-2,7,17H,3-6,8H2,(H,15,16). The Bertz CT molecular complexity index is 758. The number of halogens is 1. The Hall–Kier alpha value is -1.67. The number of hydrogen-bond donors (Lipinski definition) is 2. The number of nitrogens with one attached hydrogen (secondary N) is 1. The van der Waals surface area contributed by atoms with Gasteiger partial charge in [-0.3, -0.25) is 0 Å². The summed E-state index contributed by atoms with van der Waals surface area (Å²) in [4.78, 5) is 4.12. The Balaban J connectivity index is 1.69. The highest BCUT2D eigenvalue weighted by molar-refractivity contribution is 7.91. The number of hydrogen-bond acceptors (Lipinski definition) is 6. The lowest BCUT2D eigenvalue weighted by Gasteiger charge is -2.31. The van der Waals surface area contributed by atoms with E-state index >= 15 is 0 Å². The fourth-order valence-corrected chi connectivity index (χ4v) is 3.90. The van der Waals surface area contributed by atoms with Crippen LogP contribution in [0.25, 0.3) is 11.1 Å². The number of benzene rings is 1. The molecule has 2 heterocycles. The third kappa shape index (κ3) is 3.16. The van der Waals surface area contributed by atoms with Gasteiger partial charge in [0.05, 0.1) is 17.1 Å². The van der Waals surface area contributed by atoms with Crippen LogP contribution in [0, 0.1) is 5.82 Å². The first-order valence-corrected chi connectivity index (χ1v) is 8.40. The van der Waals surface area contributed by atoms with Crippen LogP contribution in [0.5, 0.6) is 0 Å². The summed E-state index contributed by atoms with van der Waals surface area (Å²) >= 11 is 0. The molecule has 0 saturated carbocycles. The van der Waals surface area contributed by atoms with E-state index in [0.717, 1.165) is 0 Å². The van der Waals surface area contributed by atoms with Gasteiger partial charge in [-0.25, -0.2) is 12.8 Å². The lowest BCUT2D eigenvalue weighted by molar-refractivity contribution is 0.0431. The minimum Gasteiger partial charge on any atom is -0.423 e. The highest BCUT2D eigenvalue weighted by Crippen LogP contribution is 2.25. The van der Waals surface area contributed by atoms with E-state index in [1.54, 1.807) is 0 Å². The minimum absolute atomic E-state index is 0.0239. The molecule has 6 nitrogen and oxygen atoms in total. The average Bonchev–Trinajstić information content (AvgIpc) is 2.83. The molecule has 3 rings (SSSR count). The molecule has 2 N–H and O–H groups in total. The van der Waals surface area contributed by atoms with E-state index in [4.69, 9.17) is 4.42 Å². The fourth-order valence-electron chi connectivity index (χ4n) is 2.31. The molecule has 0 bridgehead atoms. The number of anilines is 1. The van der Waals surface area contributed by atoms with E-state index in [1.807, 2.05) is 0 Å². The molecule has 21 heavy (non-hydrogen) atoms. The van der Waals surface area contributed by atoms with Crippen molar-refractivity contribution >= 4 is 27.0 Å². The van der Waals surface area contributed by atoms with E-state index in [1.165, 1.54) is 18.2 Å². The van der Waals surface area contributed by atoms with Crippen molar-refractivity contribution in [3.63, 3.8) is 0 Å². The first-order valence-electron chi connectivity index (χ1n) is 6.58. The molecule has 0 aliphatic carbocycles. The van der Waals surface area contributed by atoms with E-state index in [9.17, 15) is 17.9 Å². The molecule has 0 spiro atoms. The zero-order valence-corrected chi connectivity index (χ0v) is 12.0. The second-order valence-electron chi connectivity index (χ2n) is 5.36. The summed E-state index contributed by atoms with van der Waals surface area (Å²) in [6.07, 6.45) is 0.356. The summed E-state index contributed by atoms with van der Waals surface area (Å²) in [7, 11) is -3.03. The van der Waals surface area contributed by atoms with Gasteiger partial charge >= 0.3 is 0 Å². The fraction of sp³-hybridized carbons (Fsp3) is 0.462. The van der Waals surface area contributed by atoms with Crippen molar-refractivity contribution in [1.82, 2.24) is 4.98 Å². The highest BCUT2D eigenvalue weighted by atomic mass is 32.2. The summed E-state index contributed by atoms with van der Waals surface area (Å²) < 4.78 is 41.1. The van der Waals surface area contributed by atoms with Gasteiger partial charge in [-0.15, -0.1) is 0 Å². The summed E-state index contributed by atoms with van der Waals surface area (Å²) in [6.45, 7) is 0.137. The molecular formula is C13H15FN2O4S. The quantitative estimate of drug-likeness (QED) is 0.887.